The summed E-state index contributed by atoms with van der Waals surface area (Å²) < 4.78 is 0. The van der Waals surface area contributed by atoms with Crippen LogP contribution in [0.1, 0.15) is 29.2 Å². The fourth-order valence-electron chi connectivity index (χ4n) is 3.87. The number of nitrogens with one attached hydrogen (secondary N) is 2. The molecule has 4 amide bonds. The maximum absolute atomic E-state index is 13.1. The summed E-state index contributed by atoms with van der Waals surface area (Å²) >= 11 is 0. The topological polar surface area (TPSA) is 78.5 Å². The van der Waals surface area contributed by atoms with Gasteiger partial charge in [-0.3, -0.25) is 14.5 Å². The second kappa shape index (κ2) is 8.67. The highest BCUT2D eigenvalue weighted by molar-refractivity contribution is 6.10. The van der Waals surface area contributed by atoms with Gasteiger partial charge in [-0.05, 0) is 43.0 Å². The van der Waals surface area contributed by atoms with Crippen LogP contribution in [0.5, 0.6) is 0 Å². The average Bonchev–Trinajstić information content (AvgIpc) is 3.00. The number of anilines is 1. The molecule has 1 fully saturated rings. The molecule has 0 aromatic heterocycles. The van der Waals surface area contributed by atoms with Crippen molar-refractivity contribution in [2.45, 2.75) is 25.8 Å². The van der Waals surface area contributed by atoms with Crippen LogP contribution in [0.15, 0.2) is 78.9 Å². The number of carbonyl (C=O) groups excluding carboxylic acids is 3. The molecule has 32 heavy (non-hydrogen) atoms. The van der Waals surface area contributed by atoms with E-state index in [9.17, 15) is 14.4 Å². The van der Waals surface area contributed by atoms with Crippen LogP contribution >= 0.6 is 0 Å². The molecule has 6 heteroatoms. The van der Waals surface area contributed by atoms with Gasteiger partial charge < -0.3 is 10.6 Å². The summed E-state index contributed by atoms with van der Waals surface area (Å²) in [7, 11) is 0. The van der Waals surface area contributed by atoms with Crippen molar-refractivity contribution >= 4 is 23.5 Å². The molecular weight excluding hydrogens is 402 g/mol. The minimum absolute atomic E-state index is 0.355. The van der Waals surface area contributed by atoms with Crippen LogP contribution in [0.2, 0.25) is 0 Å². The number of urea groups is 1. The van der Waals surface area contributed by atoms with Gasteiger partial charge in [-0.25, -0.2) is 4.79 Å². The SMILES string of the molecule is Cc1ccc(C2(C)NC(=O)N(CC(=O)Nc3ccccc3Cc3ccccc3)C2=O)cc1. The van der Waals surface area contributed by atoms with Gasteiger partial charge in [0.05, 0.1) is 0 Å². The number of hydrogen-bond acceptors (Lipinski definition) is 3. The highest BCUT2D eigenvalue weighted by Gasteiger charge is 2.49. The molecular formula is C26H25N3O3. The number of nitrogens with zero attached hydrogens (tertiary/aromatic N) is 1. The Morgan fingerprint density at radius 1 is 0.938 bits per heavy atom. The van der Waals surface area contributed by atoms with Gasteiger partial charge in [0.1, 0.15) is 12.1 Å². The minimum atomic E-state index is -1.20. The van der Waals surface area contributed by atoms with Crippen molar-refractivity contribution in [3.63, 3.8) is 0 Å². The second-order valence-corrected chi connectivity index (χ2v) is 8.18. The molecule has 0 bridgehead atoms. The molecule has 0 aliphatic carbocycles. The summed E-state index contributed by atoms with van der Waals surface area (Å²) in [4.78, 5) is 39.4. The average molecular weight is 428 g/mol. The van der Waals surface area contributed by atoms with Crippen LogP contribution in [0.25, 0.3) is 0 Å². The lowest BCUT2D eigenvalue weighted by Gasteiger charge is -2.22. The van der Waals surface area contributed by atoms with Crippen molar-refractivity contribution in [1.29, 1.82) is 0 Å². The summed E-state index contributed by atoms with van der Waals surface area (Å²) in [6.07, 6.45) is 0.659. The first-order chi connectivity index (χ1) is 15.4. The zero-order valence-corrected chi connectivity index (χ0v) is 18.1. The van der Waals surface area contributed by atoms with Crippen LogP contribution in [-0.2, 0) is 21.5 Å². The predicted octanol–water partition coefficient (Wildman–Crippen LogP) is 3.99. The van der Waals surface area contributed by atoms with Gasteiger partial charge in [0.2, 0.25) is 5.91 Å². The molecule has 1 aliphatic heterocycles. The predicted molar refractivity (Wildman–Crippen MR) is 123 cm³/mol. The quantitative estimate of drug-likeness (QED) is 0.584. The third-order valence-electron chi connectivity index (χ3n) is 5.73. The minimum Gasteiger partial charge on any atom is -0.324 e. The Hall–Kier alpha value is -3.93. The molecule has 4 rings (SSSR count). The zero-order chi connectivity index (χ0) is 22.7. The standard InChI is InChI=1S/C26H25N3O3/c1-18-12-14-21(15-13-18)26(2)24(31)29(25(32)28-26)17-23(30)27-22-11-7-6-10-20(22)16-19-8-4-3-5-9-19/h3-15H,16-17H2,1-2H3,(H,27,30)(H,28,32). The first-order valence-corrected chi connectivity index (χ1v) is 10.5. The molecule has 3 aromatic rings. The monoisotopic (exact) mass is 427 g/mol. The lowest BCUT2D eigenvalue weighted by molar-refractivity contribution is -0.133. The fourth-order valence-corrected chi connectivity index (χ4v) is 3.87. The van der Waals surface area contributed by atoms with Crippen molar-refractivity contribution in [2.24, 2.45) is 0 Å². The van der Waals surface area contributed by atoms with E-state index >= 15 is 0 Å². The van der Waals surface area contributed by atoms with Gasteiger partial charge in [0, 0.05) is 5.69 Å². The Kier molecular flexibility index (Phi) is 5.77. The molecule has 1 saturated heterocycles. The van der Waals surface area contributed by atoms with Gasteiger partial charge in [-0.1, -0.05) is 78.4 Å². The number of hydrogen-bond donors (Lipinski definition) is 2. The van der Waals surface area contributed by atoms with E-state index in [-0.39, 0.29) is 6.54 Å². The van der Waals surface area contributed by atoms with Gasteiger partial charge in [-0.15, -0.1) is 0 Å². The van der Waals surface area contributed by atoms with Crippen LogP contribution in [0, 0.1) is 6.92 Å². The van der Waals surface area contributed by atoms with Gasteiger partial charge >= 0.3 is 6.03 Å². The Morgan fingerprint density at radius 3 is 2.31 bits per heavy atom. The summed E-state index contributed by atoms with van der Waals surface area (Å²) in [5.74, 6) is -0.874. The van der Waals surface area contributed by atoms with Crippen molar-refractivity contribution in [3.05, 3.63) is 101 Å². The molecule has 0 radical (unpaired) electrons. The highest BCUT2D eigenvalue weighted by Crippen LogP contribution is 2.29. The van der Waals surface area contributed by atoms with E-state index in [2.05, 4.69) is 10.6 Å². The maximum atomic E-state index is 13.1. The van der Waals surface area contributed by atoms with Crippen molar-refractivity contribution in [2.75, 3.05) is 11.9 Å². The van der Waals surface area contributed by atoms with E-state index in [1.165, 1.54) is 0 Å². The van der Waals surface area contributed by atoms with Crippen molar-refractivity contribution < 1.29 is 14.4 Å². The van der Waals surface area contributed by atoms with Crippen LogP contribution < -0.4 is 10.6 Å². The van der Waals surface area contributed by atoms with E-state index in [0.717, 1.165) is 21.6 Å². The zero-order valence-electron chi connectivity index (χ0n) is 18.1. The number of imide groups is 1. The number of aryl methyl sites for hydroxylation is 1. The number of carbonyl (C=O) groups is 3. The van der Waals surface area contributed by atoms with E-state index in [4.69, 9.17) is 0 Å². The van der Waals surface area contributed by atoms with E-state index in [1.807, 2.05) is 85.8 Å². The Balaban J connectivity index is 1.47. The summed E-state index contributed by atoms with van der Waals surface area (Å²) in [5.41, 5.74) is 3.27. The first-order valence-electron chi connectivity index (χ1n) is 10.5. The molecule has 6 nitrogen and oxygen atoms in total. The Morgan fingerprint density at radius 2 is 1.59 bits per heavy atom. The molecule has 1 heterocycles. The molecule has 162 valence electrons. The Bertz CT molecular complexity index is 1160. The number of rotatable bonds is 6. The number of amides is 4. The highest BCUT2D eigenvalue weighted by atomic mass is 16.2. The Labute approximate surface area is 187 Å². The van der Waals surface area contributed by atoms with Crippen LogP contribution in [-0.4, -0.2) is 29.3 Å². The second-order valence-electron chi connectivity index (χ2n) is 8.18. The maximum Gasteiger partial charge on any atom is 0.325 e. The molecule has 0 spiro atoms. The molecule has 3 aromatic carbocycles. The molecule has 1 atom stereocenters. The van der Waals surface area contributed by atoms with Crippen LogP contribution in [0.3, 0.4) is 0 Å². The molecule has 1 aliphatic rings. The third kappa shape index (κ3) is 4.25. The molecule has 1 unspecified atom stereocenters. The van der Waals surface area contributed by atoms with E-state index < -0.39 is 23.4 Å². The third-order valence-corrected chi connectivity index (χ3v) is 5.73. The fraction of sp³-hybridized carbons (Fsp3) is 0.192. The van der Waals surface area contributed by atoms with Crippen molar-refractivity contribution in [3.8, 4) is 0 Å². The van der Waals surface area contributed by atoms with Gasteiger partial charge in [-0.2, -0.15) is 0 Å². The first kappa shape index (κ1) is 21.3. The number of benzene rings is 3. The van der Waals surface area contributed by atoms with Crippen LogP contribution in [0.4, 0.5) is 10.5 Å². The smallest absolute Gasteiger partial charge is 0.324 e. The molecule has 2 N–H and O–H groups in total. The molecule has 0 saturated carbocycles. The van der Waals surface area contributed by atoms with E-state index in [0.29, 0.717) is 17.7 Å². The van der Waals surface area contributed by atoms with Gasteiger partial charge in [0.15, 0.2) is 0 Å². The lowest BCUT2D eigenvalue weighted by atomic mass is 9.91. The number of para-hydroxylation sites is 1. The van der Waals surface area contributed by atoms with E-state index in [1.54, 1.807) is 6.92 Å². The lowest BCUT2D eigenvalue weighted by Crippen LogP contribution is -2.42. The summed E-state index contributed by atoms with van der Waals surface area (Å²) in [6.45, 7) is 3.25. The largest absolute Gasteiger partial charge is 0.325 e. The summed E-state index contributed by atoms with van der Waals surface area (Å²) in [6, 6.07) is 24.3. The van der Waals surface area contributed by atoms with Gasteiger partial charge in [0.25, 0.3) is 5.91 Å². The van der Waals surface area contributed by atoms with Crippen molar-refractivity contribution in [1.82, 2.24) is 10.2 Å². The normalized spacial score (nSPS) is 17.9. The summed E-state index contributed by atoms with van der Waals surface area (Å²) in [5, 5.41) is 5.60.